The van der Waals surface area contributed by atoms with Gasteiger partial charge in [-0.05, 0) is 17.2 Å². The van der Waals surface area contributed by atoms with E-state index in [1.54, 1.807) is 0 Å². The normalized spacial score (nSPS) is 23.3. The number of halogens is 1. The molecule has 0 N–H and O–H groups in total. The van der Waals surface area contributed by atoms with Gasteiger partial charge in [-0.3, -0.25) is 4.79 Å². The van der Waals surface area contributed by atoms with Crippen molar-refractivity contribution in [2.75, 3.05) is 6.54 Å². The summed E-state index contributed by atoms with van der Waals surface area (Å²) in [5.74, 6) is -0.0803. The van der Waals surface area contributed by atoms with Crippen LogP contribution in [-0.2, 0) is 22.7 Å². The van der Waals surface area contributed by atoms with Crippen LogP contribution in [0.15, 0.2) is 48.5 Å². The molecule has 0 radical (unpaired) electrons. The van der Waals surface area contributed by atoms with E-state index >= 15 is 0 Å². The van der Waals surface area contributed by atoms with E-state index in [1.807, 2.05) is 53.4 Å². The first-order valence-corrected chi connectivity index (χ1v) is 7.83. The fraction of sp³-hybridized carbons (Fsp3) is 0.278. The van der Waals surface area contributed by atoms with E-state index in [-0.39, 0.29) is 17.9 Å². The average molecular weight is 314 g/mol. The molecule has 0 saturated carbocycles. The van der Waals surface area contributed by atoms with E-state index in [0.717, 1.165) is 16.7 Å². The highest BCUT2D eigenvalue weighted by Gasteiger charge is 2.45. The number of likely N-dealkylation sites (tertiary alicyclic amines) is 1. The van der Waals surface area contributed by atoms with Crippen molar-refractivity contribution in [3.8, 4) is 0 Å². The maximum atomic E-state index is 12.8. The average Bonchev–Trinajstić information content (AvgIpc) is 2.85. The Kier molecular flexibility index (Phi) is 3.40. The van der Waals surface area contributed by atoms with Crippen LogP contribution in [-0.4, -0.2) is 23.5 Å². The Hall–Kier alpha value is -1.84. The van der Waals surface area contributed by atoms with E-state index < -0.39 is 0 Å². The number of hydrogen-bond acceptors (Lipinski definition) is 2. The first-order chi connectivity index (χ1) is 10.7. The molecule has 2 aliphatic heterocycles. The van der Waals surface area contributed by atoms with Gasteiger partial charge >= 0.3 is 0 Å². The minimum Gasteiger partial charge on any atom is -0.370 e. The molecule has 0 bridgehead atoms. The quantitative estimate of drug-likeness (QED) is 0.851. The molecular weight excluding hydrogens is 298 g/mol. The molecule has 1 saturated heterocycles. The first kappa shape index (κ1) is 13.8. The standard InChI is InChI=1S/C18H16ClNO2/c19-15-8-4-7-13-14(15)11-22-16-10-20(18(21)17(13)16)9-12-5-2-1-3-6-12/h1-8,16-17H,9-11H2/t16-,17+/m0/s1. The Morgan fingerprint density at radius 3 is 2.77 bits per heavy atom. The van der Waals surface area contributed by atoms with Gasteiger partial charge in [0.05, 0.1) is 18.6 Å². The zero-order chi connectivity index (χ0) is 15.1. The van der Waals surface area contributed by atoms with Crippen molar-refractivity contribution in [1.29, 1.82) is 0 Å². The van der Waals surface area contributed by atoms with E-state index in [4.69, 9.17) is 16.3 Å². The molecule has 3 nitrogen and oxygen atoms in total. The molecule has 0 unspecified atom stereocenters. The van der Waals surface area contributed by atoms with Crippen LogP contribution >= 0.6 is 11.6 Å². The van der Waals surface area contributed by atoms with Crippen molar-refractivity contribution >= 4 is 17.5 Å². The number of fused-ring (bicyclic) bond motifs is 3. The summed E-state index contributed by atoms with van der Waals surface area (Å²) in [6.45, 7) is 1.76. The van der Waals surface area contributed by atoms with Crippen molar-refractivity contribution in [1.82, 2.24) is 4.90 Å². The zero-order valence-electron chi connectivity index (χ0n) is 12.0. The van der Waals surface area contributed by atoms with Gasteiger partial charge in [-0.15, -0.1) is 0 Å². The Bertz CT molecular complexity index is 716. The lowest BCUT2D eigenvalue weighted by atomic mass is 9.89. The summed E-state index contributed by atoms with van der Waals surface area (Å²) in [6.07, 6.45) is -0.0674. The van der Waals surface area contributed by atoms with Crippen LogP contribution in [0.3, 0.4) is 0 Å². The summed E-state index contributed by atoms with van der Waals surface area (Å²) in [5.41, 5.74) is 3.13. The monoisotopic (exact) mass is 313 g/mol. The van der Waals surface area contributed by atoms with Gasteiger partial charge in [0, 0.05) is 23.7 Å². The molecule has 4 heteroatoms. The molecule has 112 valence electrons. The van der Waals surface area contributed by atoms with Crippen LogP contribution < -0.4 is 0 Å². The second-order valence-electron chi connectivity index (χ2n) is 5.84. The molecule has 2 aromatic carbocycles. The van der Waals surface area contributed by atoms with Crippen LogP contribution in [0.5, 0.6) is 0 Å². The number of benzene rings is 2. The zero-order valence-corrected chi connectivity index (χ0v) is 12.8. The molecule has 2 atom stereocenters. The molecular formula is C18H16ClNO2. The van der Waals surface area contributed by atoms with Gasteiger partial charge in [0.15, 0.2) is 0 Å². The predicted octanol–water partition coefficient (Wildman–Crippen LogP) is 3.36. The molecule has 0 aliphatic carbocycles. The Morgan fingerprint density at radius 1 is 1.14 bits per heavy atom. The molecule has 2 aliphatic rings. The van der Waals surface area contributed by atoms with E-state index in [0.29, 0.717) is 24.7 Å². The minimum atomic E-state index is -0.217. The Morgan fingerprint density at radius 2 is 1.95 bits per heavy atom. The lowest BCUT2D eigenvalue weighted by molar-refractivity contribution is -0.130. The van der Waals surface area contributed by atoms with Gasteiger partial charge in [0.1, 0.15) is 0 Å². The lowest BCUT2D eigenvalue weighted by Crippen LogP contribution is -2.28. The summed E-state index contributed by atoms with van der Waals surface area (Å²) in [4.78, 5) is 14.7. The number of ether oxygens (including phenoxy) is 1. The summed E-state index contributed by atoms with van der Waals surface area (Å²) in [6, 6.07) is 15.8. The minimum absolute atomic E-state index is 0.0674. The van der Waals surface area contributed by atoms with Crippen LogP contribution in [0, 0.1) is 0 Å². The summed E-state index contributed by atoms with van der Waals surface area (Å²) < 4.78 is 5.90. The van der Waals surface area contributed by atoms with E-state index in [2.05, 4.69) is 0 Å². The molecule has 1 amide bonds. The number of carbonyl (C=O) groups excluding carboxylic acids is 1. The van der Waals surface area contributed by atoms with Gasteiger partial charge < -0.3 is 9.64 Å². The maximum Gasteiger partial charge on any atom is 0.233 e. The van der Waals surface area contributed by atoms with Crippen molar-refractivity contribution in [3.05, 3.63) is 70.2 Å². The van der Waals surface area contributed by atoms with Gasteiger partial charge in [0.2, 0.25) is 5.91 Å². The lowest BCUT2D eigenvalue weighted by Gasteiger charge is -2.26. The molecule has 4 rings (SSSR count). The van der Waals surface area contributed by atoms with Gasteiger partial charge in [0.25, 0.3) is 0 Å². The number of carbonyl (C=O) groups is 1. The van der Waals surface area contributed by atoms with Gasteiger partial charge in [-0.25, -0.2) is 0 Å². The van der Waals surface area contributed by atoms with Gasteiger partial charge in [-0.1, -0.05) is 54.1 Å². The fourth-order valence-electron chi connectivity index (χ4n) is 3.41. The van der Waals surface area contributed by atoms with E-state index in [9.17, 15) is 4.79 Å². The SMILES string of the molecule is O=C1[C@@H]2c3cccc(Cl)c3CO[C@H]2CN1Cc1ccccc1. The molecule has 0 spiro atoms. The van der Waals surface area contributed by atoms with Crippen molar-refractivity contribution in [2.45, 2.75) is 25.2 Å². The highest BCUT2D eigenvalue weighted by Crippen LogP contribution is 2.40. The number of rotatable bonds is 2. The van der Waals surface area contributed by atoms with Crippen LogP contribution in [0.2, 0.25) is 5.02 Å². The van der Waals surface area contributed by atoms with E-state index in [1.165, 1.54) is 0 Å². The first-order valence-electron chi connectivity index (χ1n) is 7.45. The second-order valence-corrected chi connectivity index (χ2v) is 6.25. The number of amides is 1. The highest BCUT2D eigenvalue weighted by atomic mass is 35.5. The summed E-state index contributed by atoms with van der Waals surface area (Å²) >= 11 is 6.24. The van der Waals surface area contributed by atoms with Crippen molar-refractivity contribution in [2.24, 2.45) is 0 Å². The summed E-state index contributed by atoms with van der Waals surface area (Å²) in [5, 5.41) is 0.685. The molecule has 1 fully saturated rings. The third kappa shape index (κ3) is 2.21. The topological polar surface area (TPSA) is 29.5 Å². The largest absolute Gasteiger partial charge is 0.370 e. The maximum absolute atomic E-state index is 12.8. The van der Waals surface area contributed by atoms with Crippen LogP contribution in [0.1, 0.15) is 22.6 Å². The smallest absolute Gasteiger partial charge is 0.233 e. The number of nitrogens with zero attached hydrogens (tertiary/aromatic N) is 1. The van der Waals surface area contributed by atoms with Crippen molar-refractivity contribution in [3.63, 3.8) is 0 Å². The predicted molar refractivity (Wildman–Crippen MR) is 84.6 cm³/mol. The Balaban J connectivity index is 1.63. The molecule has 0 aromatic heterocycles. The van der Waals surface area contributed by atoms with Crippen molar-refractivity contribution < 1.29 is 9.53 Å². The van der Waals surface area contributed by atoms with Gasteiger partial charge in [-0.2, -0.15) is 0 Å². The third-order valence-electron chi connectivity index (χ3n) is 4.50. The van der Waals surface area contributed by atoms with Crippen LogP contribution in [0.4, 0.5) is 0 Å². The molecule has 2 aromatic rings. The second kappa shape index (κ2) is 5.41. The highest BCUT2D eigenvalue weighted by molar-refractivity contribution is 6.31. The summed E-state index contributed by atoms with van der Waals surface area (Å²) in [7, 11) is 0. The third-order valence-corrected chi connectivity index (χ3v) is 4.85. The molecule has 22 heavy (non-hydrogen) atoms. The van der Waals surface area contributed by atoms with Crippen LogP contribution in [0.25, 0.3) is 0 Å². The number of hydrogen-bond donors (Lipinski definition) is 0. The Labute approximate surface area is 134 Å². The fourth-order valence-corrected chi connectivity index (χ4v) is 3.64. The molecule has 2 heterocycles.